The summed E-state index contributed by atoms with van der Waals surface area (Å²) in [4.78, 5) is 4.12. The molecule has 7 heteroatoms. The lowest BCUT2D eigenvalue weighted by atomic mass is 10.2. The Morgan fingerprint density at radius 1 is 1.15 bits per heavy atom. The van der Waals surface area contributed by atoms with Crippen molar-refractivity contribution in [2.24, 2.45) is 0 Å². The first-order valence-corrected chi connectivity index (χ1v) is 8.23. The van der Waals surface area contributed by atoms with Crippen molar-refractivity contribution in [2.75, 3.05) is 43.4 Å². The average molecular weight is 302 g/mol. The summed E-state index contributed by atoms with van der Waals surface area (Å²) in [7, 11) is -3.87. The second-order valence-electron chi connectivity index (χ2n) is 4.92. The van der Waals surface area contributed by atoms with Gasteiger partial charge in [-0.15, -0.1) is 0 Å². The molecule has 1 heterocycles. The van der Waals surface area contributed by atoms with Crippen LogP contribution in [0.2, 0.25) is 0 Å². The van der Waals surface area contributed by atoms with E-state index < -0.39 is 10.1 Å². The fourth-order valence-corrected chi connectivity index (χ4v) is 2.89. The van der Waals surface area contributed by atoms with Gasteiger partial charge in [0.1, 0.15) is 5.82 Å². The molecule has 0 unspecified atom stereocenters. The quantitative estimate of drug-likeness (QED) is 0.829. The van der Waals surface area contributed by atoms with Gasteiger partial charge < -0.3 is 4.90 Å². The predicted molar refractivity (Wildman–Crippen MR) is 76.1 cm³/mol. The topological polar surface area (TPSA) is 60.9 Å². The fourth-order valence-electron chi connectivity index (χ4n) is 2.39. The molecule has 1 saturated heterocycles. The molecule has 0 bridgehead atoms. The second-order valence-corrected chi connectivity index (χ2v) is 6.49. The Hall–Kier alpha value is -1.18. The molecule has 1 aromatic rings. The van der Waals surface area contributed by atoms with Gasteiger partial charge in [0.2, 0.25) is 0 Å². The van der Waals surface area contributed by atoms with Crippen molar-refractivity contribution in [2.45, 2.75) is 6.42 Å². The first-order valence-electron chi connectivity index (χ1n) is 6.63. The Labute approximate surface area is 118 Å². The van der Waals surface area contributed by atoms with Crippen LogP contribution in [0.3, 0.4) is 0 Å². The molecule has 0 saturated carbocycles. The minimum atomic E-state index is -3.87. The summed E-state index contributed by atoms with van der Waals surface area (Å²) >= 11 is 0. The molecule has 1 aromatic carbocycles. The number of para-hydroxylation sites is 1. The Bertz CT molecular complexity index is 542. The molecule has 1 fully saturated rings. The van der Waals surface area contributed by atoms with Gasteiger partial charge in [0.15, 0.2) is 0 Å². The molecule has 5 nitrogen and oxygen atoms in total. The van der Waals surface area contributed by atoms with E-state index in [1.807, 2.05) is 11.0 Å². The van der Waals surface area contributed by atoms with Crippen LogP contribution in [0.4, 0.5) is 10.1 Å². The van der Waals surface area contributed by atoms with Crippen LogP contribution in [0, 0.1) is 5.82 Å². The Morgan fingerprint density at radius 3 is 2.40 bits per heavy atom. The number of benzene rings is 1. The Morgan fingerprint density at radius 2 is 1.80 bits per heavy atom. The van der Waals surface area contributed by atoms with Crippen LogP contribution in [0.1, 0.15) is 6.42 Å². The summed E-state index contributed by atoms with van der Waals surface area (Å²) in [6.07, 6.45) is 0.415. The largest absolute Gasteiger partial charge is 0.367 e. The number of nitrogens with zero attached hydrogens (tertiary/aromatic N) is 2. The molecule has 2 rings (SSSR count). The van der Waals surface area contributed by atoms with Crippen molar-refractivity contribution in [3.63, 3.8) is 0 Å². The van der Waals surface area contributed by atoms with Crippen molar-refractivity contribution < 1.29 is 17.4 Å². The minimum absolute atomic E-state index is 0.208. The van der Waals surface area contributed by atoms with E-state index in [0.29, 0.717) is 31.7 Å². The summed E-state index contributed by atoms with van der Waals surface area (Å²) < 4.78 is 43.6. The molecule has 0 spiro atoms. The molecule has 1 N–H and O–H groups in total. The van der Waals surface area contributed by atoms with Gasteiger partial charge in [-0.25, -0.2) is 4.39 Å². The molecule has 0 atom stereocenters. The molecule has 0 radical (unpaired) electrons. The summed E-state index contributed by atoms with van der Waals surface area (Å²) in [6, 6.07) is 6.71. The molecular weight excluding hydrogens is 283 g/mol. The molecule has 112 valence electrons. The first-order chi connectivity index (χ1) is 9.46. The third-order valence-corrected chi connectivity index (χ3v) is 4.25. The smallest absolute Gasteiger partial charge is 0.264 e. The van der Waals surface area contributed by atoms with E-state index in [1.165, 1.54) is 6.07 Å². The van der Waals surface area contributed by atoms with Gasteiger partial charge in [-0.2, -0.15) is 8.42 Å². The molecular formula is C13H19FN2O3S. The van der Waals surface area contributed by atoms with Gasteiger partial charge in [-0.1, -0.05) is 12.1 Å². The van der Waals surface area contributed by atoms with Crippen molar-refractivity contribution in [3.05, 3.63) is 30.1 Å². The number of piperazine rings is 1. The summed E-state index contributed by atoms with van der Waals surface area (Å²) in [5, 5.41) is 0. The third-order valence-electron chi connectivity index (χ3n) is 3.44. The van der Waals surface area contributed by atoms with E-state index in [9.17, 15) is 12.8 Å². The van der Waals surface area contributed by atoms with Crippen molar-refractivity contribution in [3.8, 4) is 0 Å². The summed E-state index contributed by atoms with van der Waals surface area (Å²) in [6.45, 7) is 3.59. The van der Waals surface area contributed by atoms with Crippen LogP contribution in [0.15, 0.2) is 24.3 Å². The van der Waals surface area contributed by atoms with Gasteiger partial charge >= 0.3 is 0 Å². The highest BCUT2D eigenvalue weighted by Crippen LogP contribution is 2.20. The van der Waals surface area contributed by atoms with Crippen LogP contribution < -0.4 is 4.90 Å². The zero-order valence-electron chi connectivity index (χ0n) is 11.2. The lowest BCUT2D eigenvalue weighted by Gasteiger charge is -2.36. The van der Waals surface area contributed by atoms with Gasteiger partial charge in [-0.05, 0) is 25.1 Å². The molecule has 0 aromatic heterocycles. The number of hydrogen-bond donors (Lipinski definition) is 1. The molecule has 20 heavy (non-hydrogen) atoms. The first kappa shape index (κ1) is 15.2. The fraction of sp³-hybridized carbons (Fsp3) is 0.538. The number of hydrogen-bond acceptors (Lipinski definition) is 4. The number of anilines is 1. The Kier molecular flexibility index (Phi) is 4.95. The van der Waals surface area contributed by atoms with Crippen LogP contribution in [-0.2, 0) is 10.1 Å². The maximum atomic E-state index is 13.7. The monoisotopic (exact) mass is 302 g/mol. The zero-order chi connectivity index (χ0) is 14.6. The van der Waals surface area contributed by atoms with Crippen molar-refractivity contribution in [1.82, 2.24) is 4.90 Å². The lowest BCUT2D eigenvalue weighted by Crippen LogP contribution is -2.47. The lowest BCUT2D eigenvalue weighted by molar-refractivity contribution is 0.257. The zero-order valence-corrected chi connectivity index (χ0v) is 12.0. The van der Waals surface area contributed by atoms with Crippen LogP contribution >= 0.6 is 0 Å². The number of rotatable bonds is 5. The van der Waals surface area contributed by atoms with E-state index >= 15 is 0 Å². The van der Waals surface area contributed by atoms with E-state index in [1.54, 1.807) is 12.1 Å². The van der Waals surface area contributed by atoms with E-state index in [0.717, 1.165) is 13.1 Å². The van der Waals surface area contributed by atoms with Crippen LogP contribution in [0.25, 0.3) is 0 Å². The second kappa shape index (κ2) is 6.51. The molecule has 0 amide bonds. The highest BCUT2D eigenvalue weighted by Gasteiger charge is 2.19. The highest BCUT2D eigenvalue weighted by molar-refractivity contribution is 7.85. The molecule has 0 aliphatic carbocycles. The van der Waals surface area contributed by atoms with E-state index in [4.69, 9.17) is 4.55 Å². The van der Waals surface area contributed by atoms with Gasteiger partial charge in [0, 0.05) is 26.2 Å². The third kappa shape index (κ3) is 4.43. The van der Waals surface area contributed by atoms with Gasteiger partial charge in [0.25, 0.3) is 10.1 Å². The maximum Gasteiger partial charge on any atom is 0.264 e. The minimum Gasteiger partial charge on any atom is -0.367 e. The normalized spacial score (nSPS) is 17.4. The van der Waals surface area contributed by atoms with Crippen LogP contribution in [0.5, 0.6) is 0 Å². The summed E-state index contributed by atoms with van der Waals surface area (Å²) in [5.41, 5.74) is 0.616. The van der Waals surface area contributed by atoms with Crippen LogP contribution in [-0.4, -0.2) is 56.3 Å². The van der Waals surface area contributed by atoms with E-state index in [-0.39, 0.29) is 11.6 Å². The van der Waals surface area contributed by atoms with Crippen molar-refractivity contribution >= 4 is 15.8 Å². The van der Waals surface area contributed by atoms with E-state index in [2.05, 4.69) is 4.90 Å². The standard InChI is InChI=1S/C13H19FN2O3S/c14-12-4-1-2-5-13(12)16-9-7-15(8-10-16)6-3-11-20(17,18)19/h1-2,4-5H,3,6-11H2,(H,17,18,19). The molecule has 1 aliphatic heterocycles. The predicted octanol–water partition coefficient (Wildman–Crippen LogP) is 1.23. The Balaban J connectivity index is 1.80. The average Bonchev–Trinajstić information content (AvgIpc) is 2.39. The SMILES string of the molecule is O=S(=O)(O)CCCN1CCN(c2ccccc2F)CC1. The van der Waals surface area contributed by atoms with Gasteiger partial charge in [-0.3, -0.25) is 9.45 Å². The number of halogens is 1. The molecule has 1 aliphatic rings. The summed E-state index contributed by atoms with van der Waals surface area (Å²) in [5.74, 6) is -0.423. The van der Waals surface area contributed by atoms with Gasteiger partial charge in [0.05, 0.1) is 11.4 Å². The maximum absolute atomic E-state index is 13.7. The highest BCUT2D eigenvalue weighted by atomic mass is 32.2. The van der Waals surface area contributed by atoms with Crippen molar-refractivity contribution in [1.29, 1.82) is 0 Å².